The molecule has 0 aliphatic carbocycles. The molecule has 2 aromatic rings. The molecule has 0 aliphatic rings. The quantitative estimate of drug-likeness (QED) is 0.919. The van der Waals surface area contributed by atoms with Gasteiger partial charge in [0.15, 0.2) is 0 Å². The molecular formula is C15H20N2O2. The second kappa shape index (κ2) is 5.45. The Hall–Kier alpha value is -1.81. The summed E-state index contributed by atoms with van der Waals surface area (Å²) >= 11 is 0. The lowest BCUT2D eigenvalue weighted by Gasteiger charge is -2.18. The lowest BCUT2D eigenvalue weighted by molar-refractivity contribution is 0.191. The summed E-state index contributed by atoms with van der Waals surface area (Å²) in [6, 6.07) is 9.45. The van der Waals surface area contributed by atoms with E-state index in [0.717, 1.165) is 17.0 Å². The van der Waals surface area contributed by atoms with E-state index in [1.807, 2.05) is 58.2 Å². The zero-order valence-corrected chi connectivity index (χ0v) is 11.8. The van der Waals surface area contributed by atoms with Gasteiger partial charge in [-0.05, 0) is 32.9 Å². The SMILES string of the molecule is Cc1cc(C(O)c2ccccc2OC(C)C)n(C)n1. The number of aryl methyl sites for hydroxylation is 2. The van der Waals surface area contributed by atoms with Gasteiger partial charge in [0.1, 0.15) is 11.9 Å². The molecule has 4 nitrogen and oxygen atoms in total. The van der Waals surface area contributed by atoms with Crippen LogP contribution >= 0.6 is 0 Å². The van der Waals surface area contributed by atoms with Gasteiger partial charge in [-0.25, -0.2) is 0 Å². The third-order valence-electron chi connectivity index (χ3n) is 2.89. The van der Waals surface area contributed by atoms with Crippen molar-refractivity contribution in [2.24, 2.45) is 7.05 Å². The van der Waals surface area contributed by atoms with Gasteiger partial charge in [-0.3, -0.25) is 4.68 Å². The Morgan fingerprint density at radius 1 is 1.26 bits per heavy atom. The molecule has 1 aromatic heterocycles. The summed E-state index contributed by atoms with van der Waals surface area (Å²) in [5.41, 5.74) is 2.41. The number of para-hydroxylation sites is 1. The van der Waals surface area contributed by atoms with E-state index in [2.05, 4.69) is 5.10 Å². The van der Waals surface area contributed by atoms with Crippen LogP contribution < -0.4 is 4.74 Å². The normalized spacial score (nSPS) is 12.7. The number of aromatic nitrogens is 2. The second-order valence-corrected chi connectivity index (χ2v) is 4.94. The van der Waals surface area contributed by atoms with Crippen molar-refractivity contribution < 1.29 is 9.84 Å². The average molecular weight is 260 g/mol. The zero-order valence-electron chi connectivity index (χ0n) is 11.8. The Balaban J connectivity index is 2.38. The summed E-state index contributed by atoms with van der Waals surface area (Å²) in [7, 11) is 1.83. The van der Waals surface area contributed by atoms with Gasteiger partial charge in [0.05, 0.1) is 17.5 Å². The first kappa shape index (κ1) is 13.6. The molecule has 102 valence electrons. The molecule has 0 spiro atoms. The fourth-order valence-corrected chi connectivity index (χ4v) is 2.11. The maximum atomic E-state index is 10.5. The van der Waals surface area contributed by atoms with E-state index >= 15 is 0 Å². The van der Waals surface area contributed by atoms with E-state index in [4.69, 9.17) is 4.74 Å². The zero-order chi connectivity index (χ0) is 14.0. The summed E-state index contributed by atoms with van der Waals surface area (Å²) in [5.74, 6) is 0.712. The molecule has 1 N–H and O–H groups in total. The van der Waals surface area contributed by atoms with Crippen molar-refractivity contribution >= 4 is 0 Å². The van der Waals surface area contributed by atoms with Gasteiger partial charge in [0.25, 0.3) is 0 Å². The first-order chi connectivity index (χ1) is 8.99. The molecule has 1 heterocycles. The predicted molar refractivity (Wildman–Crippen MR) is 74.2 cm³/mol. The molecule has 4 heteroatoms. The lowest BCUT2D eigenvalue weighted by atomic mass is 10.1. The van der Waals surface area contributed by atoms with Gasteiger partial charge in [-0.15, -0.1) is 0 Å². The van der Waals surface area contributed by atoms with Crippen molar-refractivity contribution in [1.29, 1.82) is 0 Å². The number of ether oxygens (including phenoxy) is 1. The summed E-state index contributed by atoms with van der Waals surface area (Å²) in [5, 5.41) is 14.8. The Bertz CT molecular complexity index is 561. The molecule has 0 amide bonds. The molecule has 1 aromatic carbocycles. The van der Waals surface area contributed by atoms with Gasteiger partial charge in [0.2, 0.25) is 0 Å². The third kappa shape index (κ3) is 2.96. The van der Waals surface area contributed by atoms with Crippen molar-refractivity contribution in [1.82, 2.24) is 9.78 Å². The summed E-state index contributed by atoms with van der Waals surface area (Å²) < 4.78 is 7.45. The molecule has 0 bridgehead atoms. The van der Waals surface area contributed by atoms with Crippen LogP contribution in [0.5, 0.6) is 5.75 Å². The molecule has 0 fully saturated rings. The highest BCUT2D eigenvalue weighted by Gasteiger charge is 2.19. The smallest absolute Gasteiger partial charge is 0.125 e. The van der Waals surface area contributed by atoms with E-state index in [0.29, 0.717) is 5.75 Å². The van der Waals surface area contributed by atoms with E-state index in [9.17, 15) is 5.11 Å². The van der Waals surface area contributed by atoms with E-state index in [1.54, 1.807) is 4.68 Å². The molecule has 1 atom stereocenters. The predicted octanol–water partition coefficient (Wildman–Crippen LogP) is 2.60. The van der Waals surface area contributed by atoms with Crippen LogP contribution in [0, 0.1) is 6.92 Å². The third-order valence-corrected chi connectivity index (χ3v) is 2.89. The van der Waals surface area contributed by atoms with Gasteiger partial charge in [-0.2, -0.15) is 5.10 Å². The molecule has 1 unspecified atom stereocenters. The molecular weight excluding hydrogens is 240 g/mol. The fourth-order valence-electron chi connectivity index (χ4n) is 2.11. The monoisotopic (exact) mass is 260 g/mol. The lowest BCUT2D eigenvalue weighted by Crippen LogP contribution is -2.11. The molecule has 0 saturated carbocycles. The number of nitrogens with zero attached hydrogens (tertiary/aromatic N) is 2. The van der Waals surface area contributed by atoms with Crippen molar-refractivity contribution in [3.05, 3.63) is 47.3 Å². The fraction of sp³-hybridized carbons (Fsp3) is 0.400. The van der Waals surface area contributed by atoms with Crippen LogP contribution in [0.25, 0.3) is 0 Å². The van der Waals surface area contributed by atoms with Crippen molar-refractivity contribution in [3.8, 4) is 5.75 Å². The Morgan fingerprint density at radius 2 is 1.95 bits per heavy atom. The van der Waals surface area contributed by atoms with Crippen molar-refractivity contribution in [2.45, 2.75) is 33.0 Å². The van der Waals surface area contributed by atoms with Crippen LogP contribution in [0.2, 0.25) is 0 Å². The van der Waals surface area contributed by atoms with Crippen molar-refractivity contribution in [2.75, 3.05) is 0 Å². The molecule has 19 heavy (non-hydrogen) atoms. The average Bonchev–Trinajstić information content (AvgIpc) is 2.67. The Kier molecular flexibility index (Phi) is 3.90. The van der Waals surface area contributed by atoms with Crippen molar-refractivity contribution in [3.63, 3.8) is 0 Å². The first-order valence-corrected chi connectivity index (χ1v) is 6.43. The summed E-state index contributed by atoms with van der Waals surface area (Å²) in [6.07, 6.45) is -0.664. The largest absolute Gasteiger partial charge is 0.491 e. The van der Waals surface area contributed by atoms with Gasteiger partial charge in [0, 0.05) is 12.6 Å². The minimum atomic E-state index is -0.735. The highest BCUT2D eigenvalue weighted by molar-refractivity contribution is 5.39. The number of benzene rings is 1. The number of hydrogen-bond acceptors (Lipinski definition) is 3. The highest BCUT2D eigenvalue weighted by Crippen LogP contribution is 2.30. The van der Waals surface area contributed by atoms with Crippen LogP contribution in [0.15, 0.2) is 30.3 Å². The molecule has 0 radical (unpaired) electrons. The minimum absolute atomic E-state index is 0.0709. The van der Waals surface area contributed by atoms with Crippen LogP contribution in [-0.4, -0.2) is 21.0 Å². The molecule has 0 aliphatic heterocycles. The van der Waals surface area contributed by atoms with Crippen LogP contribution in [0.3, 0.4) is 0 Å². The van der Waals surface area contributed by atoms with Crippen LogP contribution in [0.4, 0.5) is 0 Å². The Labute approximate surface area is 113 Å². The standard InChI is InChI=1S/C15H20N2O2/c1-10(2)19-14-8-6-5-7-12(14)15(18)13-9-11(3)16-17(13)4/h5-10,15,18H,1-4H3. The topological polar surface area (TPSA) is 47.3 Å². The number of aliphatic hydroxyl groups is 1. The van der Waals surface area contributed by atoms with Gasteiger partial charge < -0.3 is 9.84 Å². The van der Waals surface area contributed by atoms with Crippen LogP contribution in [0.1, 0.15) is 36.9 Å². The molecule has 0 saturated heterocycles. The second-order valence-electron chi connectivity index (χ2n) is 4.94. The van der Waals surface area contributed by atoms with E-state index < -0.39 is 6.10 Å². The Morgan fingerprint density at radius 3 is 2.53 bits per heavy atom. The van der Waals surface area contributed by atoms with Gasteiger partial charge in [-0.1, -0.05) is 18.2 Å². The number of aliphatic hydroxyl groups excluding tert-OH is 1. The highest BCUT2D eigenvalue weighted by atomic mass is 16.5. The van der Waals surface area contributed by atoms with Crippen LogP contribution in [-0.2, 0) is 7.05 Å². The first-order valence-electron chi connectivity index (χ1n) is 6.43. The summed E-state index contributed by atoms with van der Waals surface area (Å²) in [4.78, 5) is 0. The van der Waals surface area contributed by atoms with Gasteiger partial charge >= 0.3 is 0 Å². The maximum Gasteiger partial charge on any atom is 0.125 e. The summed E-state index contributed by atoms with van der Waals surface area (Å²) in [6.45, 7) is 5.85. The number of hydrogen-bond donors (Lipinski definition) is 1. The number of rotatable bonds is 4. The minimum Gasteiger partial charge on any atom is -0.491 e. The van der Waals surface area contributed by atoms with E-state index in [1.165, 1.54) is 0 Å². The van der Waals surface area contributed by atoms with E-state index in [-0.39, 0.29) is 6.10 Å². The molecule has 2 rings (SSSR count). The maximum absolute atomic E-state index is 10.5.